The normalized spacial score (nSPS) is 11.6. The molecule has 0 amide bonds. The number of nitrogens with zero attached hydrogens (tertiary/aromatic N) is 3. The number of benzene rings is 7. The second kappa shape index (κ2) is 9.82. The highest BCUT2D eigenvalue weighted by molar-refractivity contribution is 6.14. The molecular weight excluding hydrogens is 534 g/mol. The molecule has 3 nitrogen and oxygen atoms in total. The van der Waals surface area contributed by atoms with Gasteiger partial charge < -0.3 is 0 Å². The van der Waals surface area contributed by atoms with Gasteiger partial charge in [-0.3, -0.25) is 4.98 Å². The van der Waals surface area contributed by atoms with Crippen LogP contribution in [-0.2, 0) is 0 Å². The van der Waals surface area contributed by atoms with Crippen molar-refractivity contribution in [1.29, 1.82) is 0 Å². The highest BCUT2D eigenvalue weighted by atomic mass is 14.9. The van der Waals surface area contributed by atoms with Gasteiger partial charge in [-0.15, -0.1) is 0 Å². The lowest BCUT2D eigenvalue weighted by atomic mass is 9.92. The summed E-state index contributed by atoms with van der Waals surface area (Å²) in [6.07, 6.45) is 3.73. The minimum Gasteiger partial charge on any atom is -0.264 e. The maximum Gasteiger partial charge on any atom is 0.160 e. The molecule has 0 atom stereocenters. The second-order valence-electron chi connectivity index (χ2n) is 11.3. The summed E-state index contributed by atoms with van der Waals surface area (Å²) < 4.78 is 0. The lowest BCUT2D eigenvalue weighted by Crippen LogP contribution is -1.98. The first-order valence-electron chi connectivity index (χ1n) is 14.9. The topological polar surface area (TPSA) is 38.7 Å². The van der Waals surface area contributed by atoms with Gasteiger partial charge in [-0.05, 0) is 78.8 Å². The quantitative estimate of drug-likeness (QED) is 0.202. The van der Waals surface area contributed by atoms with E-state index in [0.29, 0.717) is 5.82 Å². The molecule has 0 bridgehead atoms. The molecule has 204 valence electrons. The Morgan fingerprint density at radius 3 is 1.34 bits per heavy atom. The summed E-state index contributed by atoms with van der Waals surface area (Å²) in [5.41, 5.74) is 5.03. The number of pyridine rings is 1. The van der Waals surface area contributed by atoms with E-state index < -0.39 is 0 Å². The van der Waals surface area contributed by atoms with Gasteiger partial charge in [0.25, 0.3) is 0 Å². The fourth-order valence-electron chi connectivity index (χ4n) is 6.63. The van der Waals surface area contributed by atoms with Crippen molar-refractivity contribution in [3.63, 3.8) is 0 Å². The minimum absolute atomic E-state index is 0.699. The molecule has 3 heteroatoms. The third-order valence-electron chi connectivity index (χ3n) is 8.68. The molecular formula is C41H25N3. The minimum atomic E-state index is 0.699. The van der Waals surface area contributed by atoms with Crippen LogP contribution in [0.25, 0.3) is 87.8 Å². The molecule has 0 saturated carbocycles. The maximum atomic E-state index is 5.34. The van der Waals surface area contributed by atoms with Crippen LogP contribution < -0.4 is 0 Å². The Balaban J connectivity index is 1.43. The molecule has 2 aromatic heterocycles. The number of rotatable bonds is 3. The second-order valence-corrected chi connectivity index (χ2v) is 11.3. The maximum absolute atomic E-state index is 5.34. The van der Waals surface area contributed by atoms with E-state index in [1.54, 1.807) is 0 Å². The smallest absolute Gasteiger partial charge is 0.160 e. The third-order valence-corrected chi connectivity index (χ3v) is 8.68. The van der Waals surface area contributed by atoms with Crippen molar-refractivity contribution in [2.75, 3.05) is 0 Å². The van der Waals surface area contributed by atoms with Gasteiger partial charge in [0.2, 0.25) is 0 Å². The van der Waals surface area contributed by atoms with E-state index in [1.165, 1.54) is 43.1 Å². The van der Waals surface area contributed by atoms with Crippen molar-refractivity contribution in [3.05, 3.63) is 152 Å². The molecule has 0 fully saturated rings. The predicted octanol–water partition coefficient (Wildman–Crippen LogP) is 10.6. The summed E-state index contributed by atoms with van der Waals surface area (Å²) in [7, 11) is 0. The molecule has 0 radical (unpaired) electrons. The highest BCUT2D eigenvalue weighted by Gasteiger charge is 2.18. The average molecular weight is 560 g/mol. The molecule has 0 aliphatic rings. The molecule has 2 heterocycles. The standard InChI is InChI=1S/C41H25N3/c1-5-13-33-27(9-1)22-28-10-2-6-14-34(28)39(33)37-24-38(44-41(43-37)31-17-18-32-25-42-20-19-26(32)21-31)40-35-15-7-3-11-29(35)23-30-12-4-8-16-36(30)40/h1-25H. The Morgan fingerprint density at radius 1 is 0.364 bits per heavy atom. The van der Waals surface area contributed by atoms with Gasteiger partial charge in [0.15, 0.2) is 5.82 Å². The van der Waals surface area contributed by atoms with Crippen LogP contribution in [0.5, 0.6) is 0 Å². The summed E-state index contributed by atoms with van der Waals surface area (Å²) >= 11 is 0. The molecule has 7 aromatic carbocycles. The third kappa shape index (κ3) is 3.94. The molecule has 44 heavy (non-hydrogen) atoms. The van der Waals surface area contributed by atoms with Gasteiger partial charge in [-0.2, -0.15) is 0 Å². The van der Waals surface area contributed by atoms with Crippen molar-refractivity contribution in [1.82, 2.24) is 15.0 Å². The fraction of sp³-hybridized carbons (Fsp3) is 0. The van der Waals surface area contributed by atoms with Crippen LogP contribution >= 0.6 is 0 Å². The van der Waals surface area contributed by atoms with Gasteiger partial charge in [-0.25, -0.2) is 9.97 Å². The zero-order valence-electron chi connectivity index (χ0n) is 23.8. The first-order chi connectivity index (χ1) is 21.8. The van der Waals surface area contributed by atoms with Crippen LogP contribution in [0.15, 0.2) is 152 Å². The zero-order chi connectivity index (χ0) is 29.0. The van der Waals surface area contributed by atoms with Crippen molar-refractivity contribution in [2.24, 2.45) is 0 Å². The number of hydrogen-bond donors (Lipinski definition) is 0. The Bertz CT molecular complexity index is 2320. The van der Waals surface area contributed by atoms with E-state index in [1.807, 2.05) is 18.5 Å². The van der Waals surface area contributed by atoms with E-state index in [0.717, 1.165) is 38.9 Å². The first kappa shape index (κ1) is 24.6. The first-order valence-corrected chi connectivity index (χ1v) is 14.9. The molecule has 0 unspecified atom stereocenters. The van der Waals surface area contributed by atoms with Crippen LogP contribution in [0, 0.1) is 0 Å². The summed E-state index contributed by atoms with van der Waals surface area (Å²) in [6, 6.07) is 49.6. The van der Waals surface area contributed by atoms with E-state index in [2.05, 4.69) is 138 Å². The predicted molar refractivity (Wildman–Crippen MR) is 184 cm³/mol. The van der Waals surface area contributed by atoms with E-state index in [-0.39, 0.29) is 0 Å². The highest BCUT2D eigenvalue weighted by Crippen LogP contribution is 2.41. The van der Waals surface area contributed by atoms with Crippen LogP contribution in [0.2, 0.25) is 0 Å². The van der Waals surface area contributed by atoms with Crippen molar-refractivity contribution < 1.29 is 0 Å². The van der Waals surface area contributed by atoms with Gasteiger partial charge >= 0.3 is 0 Å². The van der Waals surface area contributed by atoms with E-state index in [4.69, 9.17) is 9.97 Å². The van der Waals surface area contributed by atoms with Crippen molar-refractivity contribution in [2.45, 2.75) is 0 Å². The summed E-state index contributed by atoms with van der Waals surface area (Å²) in [4.78, 5) is 15.0. The van der Waals surface area contributed by atoms with Gasteiger partial charge in [0.1, 0.15) is 0 Å². The molecule has 9 rings (SSSR count). The Morgan fingerprint density at radius 2 is 0.841 bits per heavy atom. The van der Waals surface area contributed by atoms with E-state index in [9.17, 15) is 0 Å². The lowest BCUT2D eigenvalue weighted by Gasteiger charge is -2.16. The fourth-order valence-corrected chi connectivity index (χ4v) is 6.63. The summed E-state index contributed by atoms with van der Waals surface area (Å²) in [5.74, 6) is 0.699. The lowest BCUT2D eigenvalue weighted by molar-refractivity contribution is 1.19. The molecule has 9 aromatic rings. The molecule has 0 saturated heterocycles. The molecule has 0 aliphatic carbocycles. The molecule has 0 aliphatic heterocycles. The Labute approximate surface area is 254 Å². The number of fused-ring (bicyclic) bond motifs is 5. The number of hydrogen-bond acceptors (Lipinski definition) is 3. The van der Waals surface area contributed by atoms with Crippen molar-refractivity contribution in [3.8, 4) is 33.9 Å². The zero-order valence-corrected chi connectivity index (χ0v) is 23.8. The average Bonchev–Trinajstić information content (AvgIpc) is 3.09. The molecule has 0 spiro atoms. The van der Waals surface area contributed by atoms with Gasteiger partial charge in [0.05, 0.1) is 11.4 Å². The summed E-state index contributed by atoms with van der Waals surface area (Å²) in [6.45, 7) is 0. The van der Waals surface area contributed by atoms with Crippen LogP contribution in [0.4, 0.5) is 0 Å². The van der Waals surface area contributed by atoms with Crippen LogP contribution in [0.1, 0.15) is 0 Å². The van der Waals surface area contributed by atoms with Crippen LogP contribution in [-0.4, -0.2) is 15.0 Å². The van der Waals surface area contributed by atoms with Gasteiger partial charge in [-0.1, -0.05) is 109 Å². The van der Waals surface area contributed by atoms with Gasteiger partial charge in [0, 0.05) is 34.5 Å². The van der Waals surface area contributed by atoms with E-state index >= 15 is 0 Å². The van der Waals surface area contributed by atoms with Crippen LogP contribution in [0.3, 0.4) is 0 Å². The van der Waals surface area contributed by atoms with Crippen molar-refractivity contribution >= 4 is 53.9 Å². The summed E-state index contributed by atoms with van der Waals surface area (Å²) in [5, 5.41) is 11.7. The molecule has 0 N–H and O–H groups in total. The Hall–Kier alpha value is -5.93. The number of aromatic nitrogens is 3. The Kier molecular flexibility index (Phi) is 5.50. The SMILES string of the molecule is c1ccc2c(-c3cc(-c4c5ccccc5cc5ccccc45)nc(-c4ccc5cnccc5c4)n3)c3ccccc3cc2c1. The largest absolute Gasteiger partial charge is 0.264 e. The monoisotopic (exact) mass is 559 g/mol.